The lowest BCUT2D eigenvalue weighted by Crippen LogP contribution is -2.17. The van der Waals surface area contributed by atoms with E-state index in [-0.39, 0.29) is 5.41 Å². The van der Waals surface area contributed by atoms with Gasteiger partial charge in [-0.3, -0.25) is 0 Å². The molecule has 0 N–H and O–H groups in total. The van der Waals surface area contributed by atoms with Gasteiger partial charge in [-0.25, -0.2) is 0 Å². The van der Waals surface area contributed by atoms with E-state index in [0.717, 1.165) is 17.8 Å². The highest BCUT2D eigenvalue weighted by Crippen LogP contribution is 2.54. The highest BCUT2D eigenvalue weighted by molar-refractivity contribution is 5.94. The van der Waals surface area contributed by atoms with Crippen molar-refractivity contribution in [2.45, 2.75) is 57.8 Å². The molecule has 3 unspecified atom stereocenters. The van der Waals surface area contributed by atoms with Crippen LogP contribution in [0.4, 0.5) is 17.1 Å². The lowest BCUT2D eigenvalue weighted by atomic mass is 9.82. The molecule has 0 aromatic heterocycles. The van der Waals surface area contributed by atoms with Crippen LogP contribution in [-0.4, -0.2) is 0 Å². The molecular formula is C47H43N. The van der Waals surface area contributed by atoms with Crippen LogP contribution in [0.3, 0.4) is 0 Å². The van der Waals surface area contributed by atoms with E-state index in [1.807, 2.05) is 0 Å². The summed E-state index contributed by atoms with van der Waals surface area (Å²) in [5, 5.41) is 0. The predicted molar refractivity (Wildman–Crippen MR) is 202 cm³/mol. The van der Waals surface area contributed by atoms with Crippen molar-refractivity contribution in [2.24, 2.45) is 11.8 Å². The number of anilines is 3. The normalized spacial score (nSPS) is 20.0. The molecule has 1 nitrogen and oxygen atoms in total. The van der Waals surface area contributed by atoms with Gasteiger partial charge in [-0.2, -0.15) is 0 Å². The molecule has 2 fully saturated rings. The van der Waals surface area contributed by atoms with E-state index in [1.54, 1.807) is 0 Å². The molecule has 0 heterocycles. The zero-order valence-corrected chi connectivity index (χ0v) is 28.3. The summed E-state index contributed by atoms with van der Waals surface area (Å²) in [6.45, 7) is 6.98. The first-order chi connectivity index (χ1) is 23.5. The standard InChI is InChI=1S/C47H43N/c1-31-17-25-40-41-26-24-37(30-45(41)47(2,3)44(40)27-31)48(36-22-20-34(21-23-36)43-29-32-18-19-35(43)28-32)46-16-10-9-15-42(46)39-14-8-7-13-38(39)33-11-5-4-6-12-33/h4-17,20-27,30,32,35,43H,18-19,28-29H2,1-3H3. The Morgan fingerprint density at radius 1 is 0.542 bits per heavy atom. The minimum atomic E-state index is -0.0799. The molecule has 0 amide bonds. The Morgan fingerprint density at radius 3 is 1.92 bits per heavy atom. The van der Waals surface area contributed by atoms with Gasteiger partial charge in [0.15, 0.2) is 0 Å². The molecule has 0 radical (unpaired) electrons. The number of hydrogen-bond acceptors (Lipinski definition) is 1. The monoisotopic (exact) mass is 621 g/mol. The minimum Gasteiger partial charge on any atom is -0.310 e. The van der Waals surface area contributed by atoms with E-state index < -0.39 is 0 Å². The van der Waals surface area contributed by atoms with Gasteiger partial charge in [0.2, 0.25) is 0 Å². The van der Waals surface area contributed by atoms with Gasteiger partial charge in [-0.05, 0) is 119 Å². The van der Waals surface area contributed by atoms with Crippen LogP contribution in [0.25, 0.3) is 33.4 Å². The Kier molecular flexibility index (Phi) is 6.94. The van der Waals surface area contributed by atoms with E-state index in [0.29, 0.717) is 0 Å². The number of benzene rings is 6. The first-order valence-electron chi connectivity index (χ1n) is 17.9. The molecular weight excluding hydrogens is 579 g/mol. The summed E-state index contributed by atoms with van der Waals surface area (Å²) in [4.78, 5) is 2.51. The summed E-state index contributed by atoms with van der Waals surface area (Å²) in [6.07, 6.45) is 5.64. The SMILES string of the molecule is Cc1ccc2c(c1)C(C)(C)c1cc(N(c3ccc(C4CC5CCC4C5)cc3)c3ccccc3-c3ccccc3-c3ccccc3)ccc1-2. The zero-order valence-electron chi connectivity index (χ0n) is 28.3. The summed E-state index contributed by atoms with van der Waals surface area (Å²) in [7, 11) is 0. The highest BCUT2D eigenvalue weighted by atomic mass is 15.1. The maximum Gasteiger partial charge on any atom is 0.0540 e. The summed E-state index contributed by atoms with van der Waals surface area (Å²) in [5.74, 6) is 2.53. The van der Waals surface area contributed by atoms with Crippen LogP contribution in [0.5, 0.6) is 0 Å². The summed E-state index contributed by atoms with van der Waals surface area (Å²) >= 11 is 0. The van der Waals surface area contributed by atoms with Gasteiger partial charge in [0.1, 0.15) is 0 Å². The summed E-state index contributed by atoms with van der Waals surface area (Å²) < 4.78 is 0. The molecule has 0 spiro atoms. The number of nitrogens with zero attached hydrogens (tertiary/aromatic N) is 1. The Bertz CT molecular complexity index is 2140. The molecule has 0 saturated heterocycles. The maximum absolute atomic E-state index is 2.51. The highest BCUT2D eigenvalue weighted by Gasteiger charge is 2.40. The number of hydrogen-bond donors (Lipinski definition) is 0. The second-order valence-electron chi connectivity index (χ2n) is 15.0. The van der Waals surface area contributed by atoms with Crippen LogP contribution in [0, 0.1) is 18.8 Å². The average Bonchev–Trinajstić information content (AvgIpc) is 3.82. The van der Waals surface area contributed by atoms with Crippen LogP contribution in [0.15, 0.2) is 140 Å². The fourth-order valence-corrected chi connectivity index (χ4v) is 9.41. The molecule has 6 aromatic rings. The van der Waals surface area contributed by atoms with Gasteiger partial charge < -0.3 is 4.90 Å². The van der Waals surface area contributed by atoms with Crippen molar-refractivity contribution in [1.29, 1.82) is 0 Å². The van der Waals surface area contributed by atoms with Crippen LogP contribution >= 0.6 is 0 Å². The first kappa shape index (κ1) is 29.3. The average molecular weight is 622 g/mol. The maximum atomic E-state index is 2.51. The second-order valence-corrected chi connectivity index (χ2v) is 15.0. The number of rotatable bonds is 6. The Balaban J connectivity index is 1.21. The van der Waals surface area contributed by atoms with Crippen LogP contribution in [0.2, 0.25) is 0 Å². The van der Waals surface area contributed by atoms with E-state index >= 15 is 0 Å². The van der Waals surface area contributed by atoms with Crippen LogP contribution in [-0.2, 0) is 5.41 Å². The van der Waals surface area contributed by atoms with Gasteiger partial charge in [0.25, 0.3) is 0 Å². The number of aryl methyl sites for hydroxylation is 1. The van der Waals surface area contributed by atoms with E-state index in [2.05, 4.69) is 165 Å². The molecule has 3 aliphatic carbocycles. The molecule has 2 bridgehead atoms. The predicted octanol–water partition coefficient (Wildman–Crippen LogP) is 13.0. The zero-order chi connectivity index (χ0) is 32.4. The molecule has 1 heteroatoms. The fraction of sp³-hybridized carbons (Fsp3) is 0.234. The Morgan fingerprint density at radius 2 is 1.19 bits per heavy atom. The van der Waals surface area contributed by atoms with Crippen molar-refractivity contribution < 1.29 is 0 Å². The molecule has 0 aliphatic heterocycles. The van der Waals surface area contributed by atoms with Crippen molar-refractivity contribution >= 4 is 17.1 Å². The Labute approximate surface area is 285 Å². The van der Waals surface area contributed by atoms with E-state index in [9.17, 15) is 0 Å². The van der Waals surface area contributed by atoms with Crippen molar-refractivity contribution in [3.63, 3.8) is 0 Å². The third-order valence-electron chi connectivity index (χ3n) is 11.8. The van der Waals surface area contributed by atoms with E-state index in [1.165, 1.54) is 98.4 Å². The summed E-state index contributed by atoms with van der Waals surface area (Å²) in [6, 6.07) is 52.4. The number of para-hydroxylation sites is 1. The molecule has 3 atom stereocenters. The van der Waals surface area contributed by atoms with Crippen LogP contribution in [0.1, 0.15) is 67.7 Å². The lowest BCUT2D eigenvalue weighted by Gasteiger charge is -2.30. The molecule has 236 valence electrons. The summed E-state index contributed by atoms with van der Waals surface area (Å²) in [5.41, 5.74) is 16.8. The van der Waals surface area contributed by atoms with E-state index in [4.69, 9.17) is 0 Å². The molecule has 3 aliphatic rings. The second kappa shape index (κ2) is 11.4. The van der Waals surface area contributed by atoms with Gasteiger partial charge in [0.05, 0.1) is 5.69 Å². The smallest absolute Gasteiger partial charge is 0.0540 e. The molecule has 48 heavy (non-hydrogen) atoms. The molecule has 9 rings (SSSR count). The number of fused-ring (bicyclic) bond motifs is 5. The third-order valence-corrected chi connectivity index (χ3v) is 11.8. The van der Waals surface area contributed by atoms with Gasteiger partial charge >= 0.3 is 0 Å². The first-order valence-corrected chi connectivity index (χ1v) is 17.9. The van der Waals surface area contributed by atoms with Gasteiger partial charge in [-0.1, -0.05) is 135 Å². The largest absolute Gasteiger partial charge is 0.310 e. The van der Waals surface area contributed by atoms with Crippen molar-refractivity contribution in [1.82, 2.24) is 0 Å². The van der Waals surface area contributed by atoms with Crippen LogP contribution < -0.4 is 4.90 Å². The quantitative estimate of drug-likeness (QED) is 0.179. The third kappa shape index (κ3) is 4.74. The van der Waals surface area contributed by atoms with Gasteiger partial charge in [-0.15, -0.1) is 0 Å². The van der Waals surface area contributed by atoms with Gasteiger partial charge in [0, 0.05) is 22.4 Å². The van der Waals surface area contributed by atoms with Crippen molar-refractivity contribution in [3.8, 4) is 33.4 Å². The van der Waals surface area contributed by atoms with Crippen molar-refractivity contribution in [2.75, 3.05) is 4.90 Å². The fourth-order valence-electron chi connectivity index (χ4n) is 9.41. The lowest BCUT2D eigenvalue weighted by molar-refractivity contribution is 0.420. The molecule has 6 aromatic carbocycles. The molecule has 2 saturated carbocycles. The minimum absolute atomic E-state index is 0.0799. The van der Waals surface area contributed by atoms with Crippen molar-refractivity contribution in [3.05, 3.63) is 162 Å². The Hall–Kier alpha value is -4.88. The topological polar surface area (TPSA) is 3.24 Å².